The first-order valence-electron chi connectivity index (χ1n) is 9.45. The number of hydrogen-bond acceptors (Lipinski definition) is 4. The molecule has 4 rings (SSSR count). The van der Waals surface area contributed by atoms with Gasteiger partial charge in [0.05, 0.1) is 17.6 Å². The summed E-state index contributed by atoms with van der Waals surface area (Å²) < 4.78 is 0. The fraction of sp³-hybridized carbons (Fsp3) is 0.261. The van der Waals surface area contributed by atoms with Gasteiger partial charge in [0.25, 0.3) is 0 Å². The zero-order chi connectivity index (χ0) is 18.9. The number of nitrogens with two attached hydrogens (primary N) is 1. The molecule has 0 bridgehead atoms. The molecule has 1 unspecified atom stereocenters. The van der Waals surface area contributed by atoms with Gasteiger partial charge in [-0.2, -0.15) is 0 Å². The quantitative estimate of drug-likeness (QED) is 0.757. The summed E-state index contributed by atoms with van der Waals surface area (Å²) in [6, 6.07) is 8.83. The lowest BCUT2D eigenvalue weighted by Crippen LogP contribution is -2.56. The first-order valence-corrected chi connectivity index (χ1v) is 9.45. The molecule has 0 saturated heterocycles. The molecule has 0 saturated carbocycles. The average molecular weight is 358 g/mol. The van der Waals surface area contributed by atoms with Gasteiger partial charge in [-0.3, -0.25) is 4.99 Å². The lowest BCUT2D eigenvalue weighted by atomic mass is 9.74. The van der Waals surface area contributed by atoms with Gasteiger partial charge in [-0.1, -0.05) is 42.5 Å². The number of hydrogen-bond donors (Lipinski definition) is 3. The fourth-order valence-electron chi connectivity index (χ4n) is 3.99. The number of nitrogens with one attached hydrogen (secondary N) is 2. The third-order valence-electron chi connectivity index (χ3n) is 5.40. The fourth-order valence-corrected chi connectivity index (χ4v) is 3.99. The SMILES string of the molecule is CNCc1ccc(CCC2=CC=C3C(N)=CN=C4C(C)=CC=CC34N2)cc1. The molecule has 1 aromatic carbocycles. The van der Waals surface area contributed by atoms with E-state index in [1.165, 1.54) is 22.4 Å². The second kappa shape index (κ2) is 7.05. The molecule has 0 aromatic heterocycles. The molecule has 4 nitrogen and oxygen atoms in total. The number of aliphatic imine (C=N–C) groups is 1. The maximum atomic E-state index is 6.24. The summed E-state index contributed by atoms with van der Waals surface area (Å²) in [5.74, 6) is 0. The highest BCUT2D eigenvalue weighted by Crippen LogP contribution is 2.37. The molecule has 1 aromatic rings. The van der Waals surface area contributed by atoms with Crippen molar-refractivity contribution in [3.63, 3.8) is 0 Å². The van der Waals surface area contributed by atoms with E-state index in [0.717, 1.165) is 36.4 Å². The van der Waals surface area contributed by atoms with Gasteiger partial charge < -0.3 is 16.4 Å². The number of benzene rings is 1. The van der Waals surface area contributed by atoms with Crippen LogP contribution in [0.2, 0.25) is 0 Å². The predicted molar refractivity (Wildman–Crippen MR) is 112 cm³/mol. The Morgan fingerprint density at radius 3 is 2.63 bits per heavy atom. The number of nitrogens with zero attached hydrogens (tertiary/aromatic N) is 1. The molecule has 138 valence electrons. The van der Waals surface area contributed by atoms with Gasteiger partial charge in [-0.15, -0.1) is 0 Å². The second-order valence-electron chi connectivity index (χ2n) is 7.32. The van der Waals surface area contributed by atoms with Crippen molar-refractivity contribution >= 4 is 5.71 Å². The van der Waals surface area contributed by atoms with Gasteiger partial charge in [0.2, 0.25) is 0 Å². The molecular formula is C23H26N4. The molecule has 4 heteroatoms. The molecule has 1 spiro atoms. The lowest BCUT2D eigenvalue weighted by molar-refractivity contribution is 0.611. The standard InChI is InChI=1S/C23H26N4/c1-16-4-3-13-23-20(21(24)15-26-22(16)23)12-11-19(27-23)10-9-17-5-7-18(8-6-17)14-25-2/h3-8,11-13,15,25,27H,9-10,14,24H2,1-2H3. The number of rotatable bonds is 5. The summed E-state index contributed by atoms with van der Waals surface area (Å²) in [5, 5.41) is 6.92. The zero-order valence-electron chi connectivity index (χ0n) is 15.9. The van der Waals surface area contributed by atoms with Crippen molar-refractivity contribution in [1.29, 1.82) is 0 Å². The predicted octanol–water partition coefficient (Wildman–Crippen LogP) is 3.26. The highest BCUT2D eigenvalue weighted by Gasteiger charge is 2.43. The highest BCUT2D eigenvalue weighted by atomic mass is 15.0. The van der Waals surface area contributed by atoms with Gasteiger partial charge in [0.15, 0.2) is 0 Å². The second-order valence-corrected chi connectivity index (χ2v) is 7.32. The summed E-state index contributed by atoms with van der Waals surface area (Å²) >= 11 is 0. The van der Waals surface area contributed by atoms with Crippen LogP contribution < -0.4 is 16.4 Å². The minimum Gasteiger partial charge on any atom is -0.397 e. The van der Waals surface area contributed by atoms with Crippen molar-refractivity contribution < 1.29 is 0 Å². The van der Waals surface area contributed by atoms with E-state index in [-0.39, 0.29) is 0 Å². The molecule has 2 heterocycles. The molecule has 0 radical (unpaired) electrons. The van der Waals surface area contributed by atoms with Gasteiger partial charge >= 0.3 is 0 Å². The van der Waals surface area contributed by atoms with Crippen LogP contribution in [0.15, 0.2) is 88.4 Å². The molecule has 0 fully saturated rings. The van der Waals surface area contributed by atoms with Crippen LogP contribution in [0.25, 0.3) is 0 Å². The van der Waals surface area contributed by atoms with Crippen molar-refractivity contribution in [3.05, 3.63) is 94.5 Å². The Bertz CT molecular complexity index is 926. The number of dihydropyridines is 1. The molecule has 1 aliphatic carbocycles. The highest BCUT2D eigenvalue weighted by molar-refractivity contribution is 6.13. The van der Waals surface area contributed by atoms with E-state index in [9.17, 15) is 0 Å². The van der Waals surface area contributed by atoms with Gasteiger partial charge in [-0.25, -0.2) is 0 Å². The van der Waals surface area contributed by atoms with Crippen molar-refractivity contribution in [3.8, 4) is 0 Å². The third-order valence-corrected chi connectivity index (χ3v) is 5.40. The molecule has 4 N–H and O–H groups in total. The topological polar surface area (TPSA) is 62.4 Å². The van der Waals surface area contributed by atoms with E-state index in [4.69, 9.17) is 5.73 Å². The minimum atomic E-state index is -0.432. The van der Waals surface area contributed by atoms with Crippen LogP contribution in [0.5, 0.6) is 0 Å². The summed E-state index contributed by atoms with van der Waals surface area (Å²) in [7, 11) is 1.97. The monoisotopic (exact) mass is 358 g/mol. The Kier molecular flexibility index (Phi) is 4.58. The Morgan fingerprint density at radius 1 is 1.07 bits per heavy atom. The van der Waals surface area contributed by atoms with Crippen molar-refractivity contribution in [2.45, 2.75) is 31.8 Å². The van der Waals surface area contributed by atoms with Crippen molar-refractivity contribution in [1.82, 2.24) is 10.6 Å². The van der Waals surface area contributed by atoms with Crippen LogP contribution >= 0.6 is 0 Å². The zero-order valence-corrected chi connectivity index (χ0v) is 15.9. The summed E-state index contributed by atoms with van der Waals surface area (Å²) in [6.07, 6.45) is 14.4. The Hall–Kier alpha value is -2.85. The Balaban J connectivity index is 1.53. The Labute approximate surface area is 161 Å². The van der Waals surface area contributed by atoms with Crippen LogP contribution in [0.4, 0.5) is 0 Å². The molecule has 1 atom stereocenters. The van der Waals surface area contributed by atoms with Crippen LogP contribution in [0, 0.1) is 0 Å². The summed E-state index contributed by atoms with van der Waals surface area (Å²) in [6.45, 7) is 3.00. The van der Waals surface area contributed by atoms with E-state index in [0.29, 0.717) is 0 Å². The van der Waals surface area contributed by atoms with E-state index in [2.05, 4.69) is 77.2 Å². The number of aryl methyl sites for hydroxylation is 1. The summed E-state index contributed by atoms with van der Waals surface area (Å²) in [5.41, 5.74) is 13.7. The normalized spacial score (nSPS) is 23.1. The number of allylic oxidation sites excluding steroid dienone is 5. The lowest BCUT2D eigenvalue weighted by Gasteiger charge is -2.42. The first kappa shape index (κ1) is 17.6. The maximum absolute atomic E-state index is 6.24. The average Bonchev–Trinajstić information content (AvgIpc) is 2.67. The van der Waals surface area contributed by atoms with Crippen molar-refractivity contribution in [2.75, 3.05) is 7.05 Å². The molecular weight excluding hydrogens is 332 g/mol. The maximum Gasteiger partial charge on any atom is 0.126 e. The summed E-state index contributed by atoms with van der Waals surface area (Å²) in [4.78, 5) is 4.64. The van der Waals surface area contributed by atoms with Crippen LogP contribution in [0.3, 0.4) is 0 Å². The third kappa shape index (κ3) is 3.17. The smallest absolute Gasteiger partial charge is 0.126 e. The van der Waals surface area contributed by atoms with Crippen LogP contribution in [0.1, 0.15) is 24.5 Å². The molecule has 27 heavy (non-hydrogen) atoms. The van der Waals surface area contributed by atoms with Gasteiger partial charge in [0, 0.05) is 17.8 Å². The molecule has 0 amide bonds. The van der Waals surface area contributed by atoms with Crippen LogP contribution in [-0.2, 0) is 13.0 Å². The molecule has 3 aliphatic rings. The van der Waals surface area contributed by atoms with Crippen LogP contribution in [-0.4, -0.2) is 18.3 Å². The Morgan fingerprint density at radius 2 is 1.85 bits per heavy atom. The van der Waals surface area contributed by atoms with E-state index in [1.54, 1.807) is 6.20 Å². The first-order chi connectivity index (χ1) is 13.1. The molecule has 2 aliphatic heterocycles. The van der Waals surface area contributed by atoms with E-state index < -0.39 is 5.54 Å². The van der Waals surface area contributed by atoms with Gasteiger partial charge in [-0.05, 0) is 55.7 Å². The van der Waals surface area contributed by atoms with Gasteiger partial charge in [0.1, 0.15) is 5.54 Å². The van der Waals surface area contributed by atoms with E-state index >= 15 is 0 Å². The van der Waals surface area contributed by atoms with Crippen molar-refractivity contribution in [2.24, 2.45) is 10.7 Å². The minimum absolute atomic E-state index is 0.432. The largest absolute Gasteiger partial charge is 0.397 e. The van der Waals surface area contributed by atoms with E-state index in [1.807, 2.05) is 7.05 Å².